The second kappa shape index (κ2) is 5.07. The second-order valence-corrected chi connectivity index (χ2v) is 3.25. The van der Waals surface area contributed by atoms with Crippen molar-refractivity contribution < 1.29 is 14.5 Å². The van der Waals surface area contributed by atoms with Gasteiger partial charge in [0.2, 0.25) is 0 Å². The first kappa shape index (κ1) is 12.6. The van der Waals surface area contributed by atoms with Gasteiger partial charge in [-0.25, -0.2) is 0 Å². The quantitative estimate of drug-likeness (QED) is 0.428. The number of carbonyl (C=O) groups excluding carboxylic acids is 1. The average Bonchev–Trinajstić information content (AvgIpc) is 2.51. The van der Waals surface area contributed by atoms with Gasteiger partial charge in [-0.2, -0.15) is 10.4 Å². The monoisotopic (exact) mass is 238 g/mol. The predicted molar refractivity (Wildman–Crippen MR) is 54.9 cm³/mol. The number of aromatic nitrogens is 2. The fraction of sp³-hybridized carbons (Fsp3) is 0.444. The molecule has 1 aromatic rings. The van der Waals surface area contributed by atoms with Gasteiger partial charge < -0.3 is 4.74 Å². The van der Waals surface area contributed by atoms with Crippen molar-refractivity contribution in [2.24, 2.45) is 0 Å². The van der Waals surface area contributed by atoms with Crippen molar-refractivity contribution in [1.82, 2.24) is 9.78 Å². The van der Waals surface area contributed by atoms with E-state index in [0.29, 0.717) is 0 Å². The number of ether oxygens (including phenoxy) is 1. The van der Waals surface area contributed by atoms with Crippen LogP contribution in [0.5, 0.6) is 0 Å². The number of rotatable bonds is 4. The summed E-state index contributed by atoms with van der Waals surface area (Å²) in [5.74, 6) is -0.660. The molecular weight excluding hydrogens is 228 g/mol. The summed E-state index contributed by atoms with van der Waals surface area (Å²) in [4.78, 5) is 21.4. The van der Waals surface area contributed by atoms with Crippen LogP contribution >= 0.6 is 0 Å². The van der Waals surface area contributed by atoms with Crippen LogP contribution in [0, 0.1) is 35.3 Å². The van der Waals surface area contributed by atoms with Crippen LogP contribution in [0.4, 0.5) is 5.69 Å². The van der Waals surface area contributed by atoms with Gasteiger partial charge in [0.15, 0.2) is 6.61 Å². The van der Waals surface area contributed by atoms with Crippen LogP contribution in [0.1, 0.15) is 11.4 Å². The SMILES string of the molecule is Cc1nn(CC(=O)OCC#N)c(C)c1[N+](=O)[O-]. The van der Waals surface area contributed by atoms with Crippen molar-refractivity contribution in [2.75, 3.05) is 6.61 Å². The van der Waals surface area contributed by atoms with E-state index in [9.17, 15) is 14.9 Å². The third-order valence-electron chi connectivity index (χ3n) is 2.10. The molecule has 0 aliphatic carbocycles. The molecule has 17 heavy (non-hydrogen) atoms. The number of hydrogen-bond donors (Lipinski definition) is 0. The highest BCUT2D eigenvalue weighted by Gasteiger charge is 2.22. The van der Waals surface area contributed by atoms with Crippen LogP contribution in [0.2, 0.25) is 0 Å². The van der Waals surface area contributed by atoms with Gasteiger partial charge in [0.1, 0.15) is 24.0 Å². The maximum Gasteiger partial charge on any atom is 0.328 e. The van der Waals surface area contributed by atoms with Crippen molar-refractivity contribution in [2.45, 2.75) is 20.4 Å². The van der Waals surface area contributed by atoms with Crippen LogP contribution in [-0.4, -0.2) is 27.3 Å². The zero-order chi connectivity index (χ0) is 13.0. The molecule has 0 aromatic carbocycles. The van der Waals surface area contributed by atoms with Crippen LogP contribution in [-0.2, 0) is 16.1 Å². The van der Waals surface area contributed by atoms with Gasteiger partial charge in [-0.15, -0.1) is 0 Å². The van der Waals surface area contributed by atoms with Gasteiger partial charge in [-0.1, -0.05) is 0 Å². The summed E-state index contributed by atoms with van der Waals surface area (Å²) in [6.07, 6.45) is 0. The Bertz CT molecular complexity index is 500. The molecule has 0 atom stereocenters. The number of carbonyl (C=O) groups is 1. The molecule has 0 N–H and O–H groups in total. The normalized spacial score (nSPS) is 9.71. The Morgan fingerprint density at radius 3 is 2.76 bits per heavy atom. The zero-order valence-electron chi connectivity index (χ0n) is 9.34. The highest BCUT2D eigenvalue weighted by molar-refractivity contribution is 5.69. The van der Waals surface area contributed by atoms with Crippen LogP contribution in [0.3, 0.4) is 0 Å². The number of aryl methyl sites for hydroxylation is 1. The Morgan fingerprint density at radius 2 is 2.29 bits per heavy atom. The molecule has 0 unspecified atom stereocenters. The maximum absolute atomic E-state index is 11.2. The van der Waals surface area contributed by atoms with Gasteiger partial charge in [-0.05, 0) is 13.8 Å². The van der Waals surface area contributed by atoms with E-state index >= 15 is 0 Å². The maximum atomic E-state index is 11.2. The number of esters is 1. The Morgan fingerprint density at radius 1 is 1.65 bits per heavy atom. The van der Waals surface area contributed by atoms with Crippen LogP contribution in [0.25, 0.3) is 0 Å². The van der Waals surface area contributed by atoms with E-state index in [1.54, 1.807) is 6.07 Å². The first-order valence-corrected chi connectivity index (χ1v) is 4.68. The van der Waals surface area contributed by atoms with Crippen LogP contribution < -0.4 is 0 Å². The number of nitriles is 1. The summed E-state index contributed by atoms with van der Waals surface area (Å²) < 4.78 is 5.72. The molecule has 8 nitrogen and oxygen atoms in total. The molecule has 0 saturated carbocycles. The van der Waals surface area contributed by atoms with E-state index in [0.717, 1.165) is 0 Å². The minimum Gasteiger partial charge on any atom is -0.449 e. The third kappa shape index (κ3) is 2.78. The fourth-order valence-electron chi connectivity index (χ4n) is 1.39. The molecule has 0 spiro atoms. The molecule has 90 valence electrons. The Hall–Kier alpha value is -2.43. The van der Waals surface area contributed by atoms with Crippen molar-refractivity contribution in [1.29, 1.82) is 5.26 Å². The van der Waals surface area contributed by atoms with Crippen LogP contribution in [0.15, 0.2) is 0 Å². The lowest BCUT2D eigenvalue weighted by molar-refractivity contribution is -0.386. The van der Waals surface area contributed by atoms with E-state index in [1.165, 1.54) is 18.5 Å². The Labute approximate surface area is 96.5 Å². The largest absolute Gasteiger partial charge is 0.449 e. The second-order valence-electron chi connectivity index (χ2n) is 3.25. The van der Waals surface area contributed by atoms with Gasteiger partial charge >= 0.3 is 11.7 Å². The third-order valence-corrected chi connectivity index (χ3v) is 2.10. The van der Waals surface area contributed by atoms with E-state index in [1.807, 2.05) is 0 Å². The molecule has 0 saturated heterocycles. The molecule has 0 fully saturated rings. The Balaban J connectivity index is 2.87. The summed E-state index contributed by atoms with van der Waals surface area (Å²) in [6.45, 7) is 2.39. The highest BCUT2D eigenvalue weighted by Crippen LogP contribution is 2.21. The van der Waals surface area contributed by atoms with Crippen molar-refractivity contribution in [3.8, 4) is 6.07 Å². The van der Waals surface area contributed by atoms with Crippen molar-refractivity contribution in [3.05, 3.63) is 21.5 Å². The standard InChI is InChI=1S/C9H10N4O4/c1-6-9(13(15)16)7(2)12(11-6)5-8(14)17-4-3-10/h4-5H2,1-2H3. The first-order valence-electron chi connectivity index (χ1n) is 4.68. The van der Waals surface area contributed by atoms with E-state index in [4.69, 9.17) is 5.26 Å². The number of nitrogens with zero attached hydrogens (tertiary/aromatic N) is 4. The predicted octanol–water partition coefficient (Wildman–Crippen LogP) is 0.475. The molecule has 0 aliphatic heterocycles. The minimum absolute atomic E-state index is 0.113. The lowest BCUT2D eigenvalue weighted by Gasteiger charge is -2.02. The minimum atomic E-state index is -0.660. The fourth-order valence-corrected chi connectivity index (χ4v) is 1.39. The first-order chi connectivity index (χ1) is 7.97. The Kier molecular flexibility index (Phi) is 3.77. The molecule has 0 aliphatic rings. The number of nitro groups is 1. The summed E-state index contributed by atoms with van der Waals surface area (Å²) in [6, 6.07) is 1.65. The molecule has 8 heteroatoms. The molecular formula is C9H10N4O4. The summed E-state index contributed by atoms with van der Waals surface area (Å²) in [5.41, 5.74) is 0.403. The van der Waals surface area contributed by atoms with Gasteiger partial charge in [0.05, 0.1) is 4.92 Å². The topological polar surface area (TPSA) is 111 Å². The lowest BCUT2D eigenvalue weighted by Crippen LogP contribution is -2.15. The average molecular weight is 238 g/mol. The molecule has 0 bridgehead atoms. The summed E-state index contributed by atoms with van der Waals surface area (Å²) in [7, 11) is 0. The molecule has 1 rings (SSSR count). The van der Waals surface area contributed by atoms with E-state index < -0.39 is 10.9 Å². The van der Waals surface area contributed by atoms with Gasteiger partial charge in [0, 0.05) is 0 Å². The lowest BCUT2D eigenvalue weighted by atomic mass is 10.3. The smallest absolute Gasteiger partial charge is 0.328 e. The zero-order valence-corrected chi connectivity index (χ0v) is 9.34. The number of hydrogen-bond acceptors (Lipinski definition) is 6. The van der Waals surface area contributed by atoms with Crippen molar-refractivity contribution in [3.63, 3.8) is 0 Å². The molecule has 1 aromatic heterocycles. The van der Waals surface area contributed by atoms with Gasteiger partial charge in [0.25, 0.3) is 0 Å². The molecule has 0 radical (unpaired) electrons. The van der Waals surface area contributed by atoms with Gasteiger partial charge in [-0.3, -0.25) is 19.6 Å². The highest BCUT2D eigenvalue weighted by atomic mass is 16.6. The molecule has 1 heterocycles. The van der Waals surface area contributed by atoms with E-state index in [2.05, 4.69) is 9.84 Å². The van der Waals surface area contributed by atoms with E-state index in [-0.39, 0.29) is 30.2 Å². The molecule has 0 amide bonds. The summed E-state index contributed by atoms with van der Waals surface area (Å²) in [5, 5.41) is 22.8. The summed E-state index contributed by atoms with van der Waals surface area (Å²) >= 11 is 0. The van der Waals surface area contributed by atoms with Crippen molar-refractivity contribution >= 4 is 11.7 Å².